The lowest BCUT2D eigenvalue weighted by Crippen LogP contribution is -2.38. The van der Waals surface area contributed by atoms with Crippen molar-refractivity contribution < 1.29 is 4.79 Å². The number of carbonyl (C=O) groups is 1. The summed E-state index contributed by atoms with van der Waals surface area (Å²) in [5.74, 6) is 1.61. The largest absolute Gasteiger partial charge is 0.351 e. The van der Waals surface area contributed by atoms with E-state index in [-0.39, 0.29) is 5.91 Å². The highest BCUT2D eigenvalue weighted by molar-refractivity contribution is 5.99. The van der Waals surface area contributed by atoms with Crippen LogP contribution in [0.25, 0.3) is 10.9 Å². The Morgan fingerprint density at radius 3 is 2.48 bits per heavy atom. The van der Waals surface area contributed by atoms with Crippen molar-refractivity contribution in [3.05, 3.63) is 35.0 Å². The van der Waals surface area contributed by atoms with E-state index in [9.17, 15) is 4.79 Å². The zero-order valence-electron chi connectivity index (χ0n) is 14.7. The number of aromatic amines is 1. The molecule has 1 aromatic heterocycles. The van der Waals surface area contributed by atoms with Gasteiger partial charge in [0.1, 0.15) is 5.69 Å². The number of fused-ring (bicyclic) bond motifs is 1. The lowest BCUT2D eigenvalue weighted by molar-refractivity contribution is 0.0913. The van der Waals surface area contributed by atoms with Gasteiger partial charge in [0.2, 0.25) is 0 Å². The Morgan fingerprint density at radius 2 is 1.83 bits per heavy atom. The van der Waals surface area contributed by atoms with E-state index >= 15 is 0 Å². The number of carbonyl (C=O) groups excluding carboxylic acids is 1. The van der Waals surface area contributed by atoms with Crippen LogP contribution < -0.4 is 5.32 Å². The molecule has 2 N–H and O–H groups in total. The molecule has 124 valence electrons. The van der Waals surface area contributed by atoms with E-state index < -0.39 is 0 Å². The molecule has 1 amide bonds. The minimum Gasteiger partial charge on any atom is -0.351 e. The van der Waals surface area contributed by atoms with Gasteiger partial charge in [0.15, 0.2) is 0 Å². The van der Waals surface area contributed by atoms with Crippen molar-refractivity contribution in [3.8, 4) is 0 Å². The van der Waals surface area contributed by atoms with E-state index in [1.165, 1.54) is 24.0 Å². The summed E-state index contributed by atoms with van der Waals surface area (Å²) in [5, 5.41) is 4.36. The van der Waals surface area contributed by atoms with Gasteiger partial charge in [-0.2, -0.15) is 0 Å². The van der Waals surface area contributed by atoms with Gasteiger partial charge in [0, 0.05) is 16.9 Å². The number of hydrogen-bond acceptors (Lipinski definition) is 1. The van der Waals surface area contributed by atoms with Crippen LogP contribution in [-0.4, -0.2) is 16.9 Å². The second-order valence-electron chi connectivity index (χ2n) is 7.56. The topological polar surface area (TPSA) is 44.9 Å². The molecule has 1 heterocycles. The lowest BCUT2D eigenvalue weighted by Gasteiger charge is -2.31. The fourth-order valence-corrected chi connectivity index (χ4v) is 3.91. The molecule has 1 saturated carbocycles. The van der Waals surface area contributed by atoms with E-state index in [4.69, 9.17) is 0 Å². The molecular weight excluding hydrogens is 284 g/mol. The molecule has 1 aromatic carbocycles. The molecule has 0 spiro atoms. The molecule has 3 nitrogen and oxygen atoms in total. The van der Waals surface area contributed by atoms with Gasteiger partial charge in [0.05, 0.1) is 0 Å². The monoisotopic (exact) mass is 312 g/mol. The number of H-pyrrole nitrogens is 1. The molecule has 23 heavy (non-hydrogen) atoms. The summed E-state index contributed by atoms with van der Waals surface area (Å²) < 4.78 is 0. The summed E-state index contributed by atoms with van der Waals surface area (Å²) in [6.07, 6.45) is 4.67. The summed E-state index contributed by atoms with van der Waals surface area (Å²) in [7, 11) is 0. The van der Waals surface area contributed by atoms with Gasteiger partial charge < -0.3 is 10.3 Å². The maximum absolute atomic E-state index is 12.6. The summed E-state index contributed by atoms with van der Waals surface area (Å²) >= 11 is 0. The first-order valence-electron chi connectivity index (χ1n) is 8.85. The second kappa shape index (κ2) is 6.38. The average molecular weight is 312 g/mol. The van der Waals surface area contributed by atoms with Crippen LogP contribution in [0, 0.1) is 25.7 Å². The van der Waals surface area contributed by atoms with E-state index in [1.807, 2.05) is 6.07 Å². The Hall–Kier alpha value is -1.77. The van der Waals surface area contributed by atoms with Crippen LogP contribution in [0.2, 0.25) is 0 Å². The van der Waals surface area contributed by atoms with Crippen LogP contribution in [0.5, 0.6) is 0 Å². The fourth-order valence-electron chi connectivity index (χ4n) is 3.91. The molecule has 2 aromatic rings. The van der Waals surface area contributed by atoms with Crippen molar-refractivity contribution in [2.75, 3.05) is 0 Å². The molecule has 1 fully saturated rings. The van der Waals surface area contributed by atoms with Crippen LogP contribution in [0.15, 0.2) is 18.2 Å². The van der Waals surface area contributed by atoms with Crippen molar-refractivity contribution in [1.29, 1.82) is 0 Å². The van der Waals surface area contributed by atoms with Crippen LogP contribution in [0.3, 0.4) is 0 Å². The summed E-state index contributed by atoms with van der Waals surface area (Å²) in [5.41, 5.74) is 4.17. The average Bonchev–Trinajstić information content (AvgIpc) is 2.92. The minimum atomic E-state index is 0.0336. The van der Waals surface area contributed by atoms with Gasteiger partial charge in [-0.05, 0) is 74.6 Å². The minimum absolute atomic E-state index is 0.0336. The molecule has 0 unspecified atom stereocenters. The Labute approximate surface area is 138 Å². The third-order valence-corrected chi connectivity index (χ3v) is 5.38. The van der Waals surface area contributed by atoms with Crippen LogP contribution in [0.4, 0.5) is 0 Å². The van der Waals surface area contributed by atoms with Crippen LogP contribution in [-0.2, 0) is 0 Å². The Kier molecular flexibility index (Phi) is 4.47. The quantitative estimate of drug-likeness (QED) is 0.845. The highest BCUT2D eigenvalue weighted by Gasteiger charge is 2.24. The summed E-state index contributed by atoms with van der Waals surface area (Å²) in [4.78, 5) is 15.8. The SMILES string of the molecule is Cc1cc(C)c2cc(C(=O)NC3CCC(C(C)C)CC3)[nH]c2c1. The molecule has 0 radical (unpaired) electrons. The Balaban J connectivity index is 1.68. The first kappa shape index (κ1) is 16.1. The molecular formula is C20H28N2O. The van der Waals surface area contributed by atoms with Crippen molar-refractivity contribution in [3.63, 3.8) is 0 Å². The Bertz CT molecular complexity index is 706. The maximum Gasteiger partial charge on any atom is 0.267 e. The second-order valence-corrected chi connectivity index (χ2v) is 7.56. The van der Waals surface area contributed by atoms with E-state index in [2.05, 4.69) is 50.1 Å². The third-order valence-electron chi connectivity index (χ3n) is 5.38. The van der Waals surface area contributed by atoms with E-state index in [1.54, 1.807) is 0 Å². The molecule has 0 bridgehead atoms. The predicted molar refractivity (Wildman–Crippen MR) is 95.8 cm³/mol. The fraction of sp³-hybridized carbons (Fsp3) is 0.550. The third kappa shape index (κ3) is 3.44. The first-order valence-corrected chi connectivity index (χ1v) is 8.85. The number of rotatable bonds is 3. The van der Waals surface area contributed by atoms with Crippen LogP contribution >= 0.6 is 0 Å². The first-order chi connectivity index (χ1) is 10.9. The normalized spacial score (nSPS) is 21.8. The molecule has 3 rings (SSSR count). The van der Waals surface area contributed by atoms with Crippen molar-refractivity contribution in [2.45, 2.75) is 59.4 Å². The lowest BCUT2D eigenvalue weighted by atomic mass is 9.80. The standard InChI is InChI=1S/C20H28N2O/c1-12(2)15-5-7-16(8-6-15)21-20(23)19-11-17-14(4)9-13(3)10-18(17)22-19/h9-12,15-16,22H,5-8H2,1-4H3,(H,21,23). The summed E-state index contributed by atoms with van der Waals surface area (Å²) in [6, 6.07) is 6.57. The van der Waals surface area contributed by atoms with Gasteiger partial charge in [-0.25, -0.2) is 0 Å². The predicted octanol–water partition coefficient (Wildman–Crippen LogP) is 4.73. The zero-order valence-corrected chi connectivity index (χ0v) is 14.7. The molecule has 0 saturated heterocycles. The number of amides is 1. The number of aryl methyl sites for hydroxylation is 2. The molecule has 0 aliphatic heterocycles. The number of nitrogens with one attached hydrogen (secondary N) is 2. The van der Waals surface area contributed by atoms with Crippen molar-refractivity contribution in [2.24, 2.45) is 11.8 Å². The smallest absolute Gasteiger partial charge is 0.267 e. The van der Waals surface area contributed by atoms with Crippen LogP contribution in [0.1, 0.15) is 61.1 Å². The number of aromatic nitrogens is 1. The van der Waals surface area contributed by atoms with Gasteiger partial charge >= 0.3 is 0 Å². The van der Waals surface area contributed by atoms with Gasteiger partial charge in [-0.1, -0.05) is 19.9 Å². The maximum atomic E-state index is 12.6. The van der Waals surface area contributed by atoms with Gasteiger partial charge in [-0.15, -0.1) is 0 Å². The molecule has 1 aliphatic carbocycles. The highest BCUT2D eigenvalue weighted by atomic mass is 16.1. The van der Waals surface area contributed by atoms with Gasteiger partial charge in [-0.3, -0.25) is 4.79 Å². The van der Waals surface area contributed by atoms with Crippen molar-refractivity contribution >= 4 is 16.8 Å². The molecule has 0 atom stereocenters. The molecule has 3 heteroatoms. The van der Waals surface area contributed by atoms with Crippen molar-refractivity contribution in [1.82, 2.24) is 10.3 Å². The van der Waals surface area contributed by atoms with E-state index in [0.717, 1.165) is 35.6 Å². The number of hydrogen-bond donors (Lipinski definition) is 2. The highest BCUT2D eigenvalue weighted by Crippen LogP contribution is 2.30. The van der Waals surface area contributed by atoms with Gasteiger partial charge in [0.25, 0.3) is 5.91 Å². The Morgan fingerprint density at radius 1 is 1.13 bits per heavy atom. The van der Waals surface area contributed by atoms with E-state index in [0.29, 0.717) is 11.7 Å². The zero-order chi connectivity index (χ0) is 16.6. The summed E-state index contributed by atoms with van der Waals surface area (Å²) in [6.45, 7) is 8.79. The number of benzene rings is 1. The molecule has 1 aliphatic rings.